The number of carbonyl (C=O) groups excluding carboxylic acids is 1. The summed E-state index contributed by atoms with van der Waals surface area (Å²) in [6, 6.07) is 9.04. The quantitative estimate of drug-likeness (QED) is 0.874. The molecule has 0 atom stereocenters. The lowest BCUT2D eigenvalue weighted by Gasteiger charge is -2.27. The number of amides is 1. The fraction of sp³-hybridized carbons (Fsp3) is 0.312. The van der Waals surface area contributed by atoms with E-state index in [2.05, 4.69) is 5.32 Å². The lowest BCUT2D eigenvalue weighted by atomic mass is 9.94. The molecule has 112 valence electrons. The van der Waals surface area contributed by atoms with Crippen LogP contribution in [0.4, 0.5) is 0 Å². The van der Waals surface area contributed by atoms with Crippen molar-refractivity contribution in [1.82, 2.24) is 5.32 Å². The number of benzene rings is 1. The predicted molar refractivity (Wildman–Crippen MR) is 84.7 cm³/mol. The van der Waals surface area contributed by atoms with Crippen LogP contribution >= 0.6 is 23.2 Å². The van der Waals surface area contributed by atoms with E-state index < -0.39 is 5.54 Å². The van der Waals surface area contributed by atoms with Gasteiger partial charge in [-0.05, 0) is 43.7 Å². The van der Waals surface area contributed by atoms with E-state index in [9.17, 15) is 4.79 Å². The van der Waals surface area contributed by atoms with Gasteiger partial charge in [0.2, 0.25) is 5.91 Å². The van der Waals surface area contributed by atoms with Gasteiger partial charge in [-0.15, -0.1) is 0 Å². The molecule has 3 nitrogen and oxygen atoms in total. The first-order valence-electron chi connectivity index (χ1n) is 6.67. The number of hydrogen-bond acceptors (Lipinski definition) is 2. The molecule has 0 radical (unpaired) electrons. The van der Waals surface area contributed by atoms with Crippen LogP contribution < -0.4 is 5.32 Å². The molecule has 0 aliphatic heterocycles. The average Bonchev–Trinajstić information content (AvgIpc) is 2.92. The second-order valence-corrected chi connectivity index (χ2v) is 6.20. The van der Waals surface area contributed by atoms with Crippen LogP contribution in [-0.4, -0.2) is 5.91 Å². The Morgan fingerprint density at radius 2 is 2.00 bits per heavy atom. The molecule has 2 rings (SSSR count). The summed E-state index contributed by atoms with van der Waals surface area (Å²) in [4.78, 5) is 12.1. The van der Waals surface area contributed by atoms with E-state index in [1.807, 2.05) is 32.0 Å². The molecule has 0 saturated heterocycles. The lowest BCUT2D eigenvalue weighted by Crippen LogP contribution is -2.41. The van der Waals surface area contributed by atoms with Crippen molar-refractivity contribution < 1.29 is 9.21 Å². The van der Waals surface area contributed by atoms with Gasteiger partial charge in [0, 0.05) is 12.8 Å². The Labute approximate surface area is 134 Å². The number of furan rings is 1. The highest BCUT2D eigenvalue weighted by Crippen LogP contribution is 2.28. The van der Waals surface area contributed by atoms with E-state index in [0.29, 0.717) is 22.9 Å². The summed E-state index contributed by atoms with van der Waals surface area (Å²) in [7, 11) is 0. The number of aryl methyl sites for hydroxylation is 1. The number of carbonyl (C=O) groups is 1. The largest absolute Gasteiger partial charge is 0.469 e. The monoisotopic (exact) mass is 325 g/mol. The van der Waals surface area contributed by atoms with Crippen molar-refractivity contribution in [3.8, 4) is 0 Å². The highest BCUT2D eigenvalue weighted by Gasteiger charge is 2.23. The zero-order chi connectivity index (χ0) is 15.5. The van der Waals surface area contributed by atoms with E-state index >= 15 is 0 Å². The minimum atomic E-state index is -0.519. The topological polar surface area (TPSA) is 42.2 Å². The van der Waals surface area contributed by atoms with E-state index in [1.165, 1.54) is 0 Å². The van der Waals surface area contributed by atoms with Gasteiger partial charge in [0.05, 0.1) is 21.8 Å². The summed E-state index contributed by atoms with van der Waals surface area (Å²) in [6.07, 6.45) is 2.56. The first-order valence-corrected chi connectivity index (χ1v) is 7.43. The molecule has 0 spiro atoms. The Morgan fingerprint density at radius 1 is 1.24 bits per heavy atom. The Morgan fingerprint density at radius 3 is 2.62 bits per heavy atom. The van der Waals surface area contributed by atoms with Gasteiger partial charge in [0.15, 0.2) is 0 Å². The smallest absolute Gasteiger partial charge is 0.221 e. The second-order valence-electron chi connectivity index (χ2n) is 5.38. The first-order chi connectivity index (χ1) is 9.88. The van der Waals surface area contributed by atoms with Gasteiger partial charge in [0.1, 0.15) is 5.76 Å². The van der Waals surface area contributed by atoms with Crippen LogP contribution in [0.1, 0.15) is 31.6 Å². The third kappa shape index (κ3) is 4.26. The Hall–Kier alpha value is -1.45. The van der Waals surface area contributed by atoms with Crippen LogP contribution in [0, 0.1) is 0 Å². The van der Waals surface area contributed by atoms with Gasteiger partial charge in [-0.2, -0.15) is 0 Å². The summed E-state index contributed by atoms with van der Waals surface area (Å²) in [6.45, 7) is 3.86. The van der Waals surface area contributed by atoms with Crippen LogP contribution in [-0.2, 0) is 16.8 Å². The lowest BCUT2D eigenvalue weighted by molar-refractivity contribution is -0.122. The molecule has 0 saturated carbocycles. The molecule has 0 bridgehead atoms. The summed E-state index contributed by atoms with van der Waals surface area (Å²) in [5.74, 6) is 0.764. The van der Waals surface area contributed by atoms with Crippen molar-refractivity contribution in [1.29, 1.82) is 0 Å². The molecular weight excluding hydrogens is 309 g/mol. The molecule has 1 heterocycles. The van der Waals surface area contributed by atoms with Crippen molar-refractivity contribution in [2.75, 3.05) is 0 Å². The average molecular weight is 326 g/mol. The van der Waals surface area contributed by atoms with Crippen LogP contribution in [0.25, 0.3) is 0 Å². The van der Waals surface area contributed by atoms with Crippen LogP contribution in [0.5, 0.6) is 0 Å². The maximum absolute atomic E-state index is 12.1. The molecule has 21 heavy (non-hydrogen) atoms. The van der Waals surface area contributed by atoms with Crippen molar-refractivity contribution in [2.24, 2.45) is 0 Å². The van der Waals surface area contributed by atoms with Gasteiger partial charge in [-0.3, -0.25) is 4.79 Å². The summed E-state index contributed by atoms with van der Waals surface area (Å²) >= 11 is 11.9. The van der Waals surface area contributed by atoms with Gasteiger partial charge in [-0.25, -0.2) is 0 Å². The highest BCUT2D eigenvalue weighted by atomic mass is 35.5. The Kier molecular flexibility index (Phi) is 4.96. The number of halogens is 2. The standard InChI is InChI=1S/C16H17Cl2NO2/c1-16(2,11-5-7-13(17)14(18)10-11)19-15(20)8-6-12-4-3-9-21-12/h3-5,7,9-10H,6,8H2,1-2H3,(H,19,20). The molecule has 0 aliphatic rings. The molecular formula is C16H17Cl2NO2. The van der Waals surface area contributed by atoms with Crippen LogP contribution in [0.15, 0.2) is 41.0 Å². The molecule has 1 amide bonds. The third-order valence-electron chi connectivity index (χ3n) is 3.27. The third-order valence-corrected chi connectivity index (χ3v) is 4.01. The van der Waals surface area contributed by atoms with E-state index in [0.717, 1.165) is 11.3 Å². The molecule has 1 aromatic carbocycles. The number of hydrogen-bond donors (Lipinski definition) is 1. The van der Waals surface area contributed by atoms with Gasteiger partial charge < -0.3 is 9.73 Å². The summed E-state index contributed by atoms with van der Waals surface area (Å²) in [5.41, 5.74) is 0.386. The molecule has 0 fully saturated rings. The van der Waals surface area contributed by atoms with Gasteiger partial charge >= 0.3 is 0 Å². The minimum Gasteiger partial charge on any atom is -0.469 e. The second kappa shape index (κ2) is 6.54. The summed E-state index contributed by atoms with van der Waals surface area (Å²) < 4.78 is 5.22. The van der Waals surface area contributed by atoms with Gasteiger partial charge in [0.25, 0.3) is 0 Å². The zero-order valence-electron chi connectivity index (χ0n) is 12.0. The predicted octanol–water partition coefficient (Wildman–Crippen LogP) is 4.57. The minimum absolute atomic E-state index is 0.0394. The fourth-order valence-electron chi connectivity index (χ4n) is 2.06. The Bertz CT molecular complexity index is 621. The number of nitrogens with one attached hydrogen (secondary N) is 1. The van der Waals surface area contributed by atoms with Crippen molar-refractivity contribution in [2.45, 2.75) is 32.2 Å². The molecule has 0 unspecified atom stereocenters. The molecule has 2 aromatic rings. The molecule has 1 aromatic heterocycles. The van der Waals surface area contributed by atoms with Crippen molar-refractivity contribution in [3.05, 3.63) is 58.0 Å². The SMILES string of the molecule is CC(C)(NC(=O)CCc1ccco1)c1ccc(Cl)c(Cl)c1. The van der Waals surface area contributed by atoms with Crippen molar-refractivity contribution >= 4 is 29.1 Å². The molecule has 5 heteroatoms. The summed E-state index contributed by atoms with van der Waals surface area (Å²) in [5, 5.41) is 3.98. The van der Waals surface area contributed by atoms with E-state index in [1.54, 1.807) is 18.4 Å². The zero-order valence-corrected chi connectivity index (χ0v) is 13.5. The highest BCUT2D eigenvalue weighted by molar-refractivity contribution is 6.42. The van der Waals surface area contributed by atoms with E-state index in [-0.39, 0.29) is 5.91 Å². The van der Waals surface area contributed by atoms with Gasteiger partial charge in [-0.1, -0.05) is 29.3 Å². The molecule has 0 aliphatic carbocycles. The van der Waals surface area contributed by atoms with Crippen LogP contribution in [0.2, 0.25) is 10.0 Å². The van der Waals surface area contributed by atoms with Crippen molar-refractivity contribution in [3.63, 3.8) is 0 Å². The Balaban J connectivity index is 1.99. The first kappa shape index (κ1) is 15.9. The van der Waals surface area contributed by atoms with Crippen LogP contribution in [0.3, 0.4) is 0 Å². The molecule has 1 N–H and O–H groups in total. The maximum Gasteiger partial charge on any atom is 0.221 e. The fourth-order valence-corrected chi connectivity index (χ4v) is 2.36. The van der Waals surface area contributed by atoms with E-state index in [4.69, 9.17) is 27.6 Å². The number of rotatable bonds is 5. The maximum atomic E-state index is 12.1. The normalized spacial score (nSPS) is 11.4.